The van der Waals surface area contributed by atoms with E-state index in [2.05, 4.69) is 10.3 Å². The summed E-state index contributed by atoms with van der Waals surface area (Å²) in [7, 11) is 0. The lowest BCUT2D eigenvalue weighted by atomic mass is 10.1. The van der Waals surface area contributed by atoms with Gasteiger partial charge in [0.2, 0.25) is 0 Å². The van der Waals surface area contributed by atoms with Crippen molar-refractivity contribution in [3.8, 4) is 0 Å². The molecule has 0 spiro atoms. The number of hydrogen-bond acceptors (Lipinski definition) is 3. The number of nitrogens with one attached hydrogen (secondary N) is 1. The maximum Gasteiger partial charge on any atom is 0.129 e. The van der Waals surface area contributed by atoms with Gasteiger partial charge in [0.15, 0.2) is 0 Å². The van der Waals surface area contributed by atoms with E-state index >= 15 is 0 Å². The Morgan fingerprint density at radius 3 is 2.44 bits per heavy atom. The van der Waals surface area contributed by atoms with E-state index in [0.717, 1.165) is 11.3 Å². The van der Waals surface area contributed by atoms with Crippen molar-refractivity contribution in [1.29, 1.82) is 0 Å². The van der Waals surface area contributed by atoms with Crippen LogP contribution in [0.25, 0.3) is 0 Å². The lowest BCUT2D eigenvalue weighted by Crippen LogP contribution is -2.02. The van der Waals surface area contributed by atoms with E-state index in [0.29, 0.717) is 23.4 Å². The Bertz CT molecular complexity index is 544. The molecule has 1 aromatic heterocycles. The molecule has 1 aromatic carbocycles. The van der Waals surface area contributed by atoms with E-state index in [-0.39, 0.29) is 5.82 Å². The molecule has 1 heterocycles. The smallest absolute Gasteiger partial charge is 0.129 e. The zero-order valence-electron chi connectivity index (χ0n) is 10.5. The van der Waals surface area contributed by atoms with Crippen LogP contribution < -0.4 is 11.1 Å². The van der Waals surface area contributed by atoms with Gasteiger partial charge in [-0.25, -0.2) is 4.39 Å². The Morgan fingerprint density at radius 2 is 1.83 bits per heavy atom. The summed E-state index contributed by atoms with van der Waals surface area (Å²) in [5.74, 6) is -0.135. The number of hydrogen-bond donors (Lipinski definition) is 2. The lowest BCUT2D eigenvalue weighted by Gasteiger charge is -2.09. The molecule has 3 N–H and O–H groups in total. The predicted octanol–water partition coefficient (Wildman–Crippen LogP) is 3.03. The fourth-order valence-corrected chi connectivity index (χ4v) is 1.90. The molecule has 0 saturated heterocycles. The van der Waals surface area contributed by atoms with Gasteiger partial charge in [0.25, 0.3) is 0 Å². The first-order valence-corrected chi connectivity index (χ1v) is 5.76. The monoisotopic (exact) mass is 245 g/mol. The predicted molar refractivity (Wildman–Crippen MR) is 71.9 cm³/mol. The Hall–Kier alpha value is -2.10. The molecule has 4 heteroatoms. The van der Waals surface area contributed by atoms with Crippen LogP contribution in [-0.2, 0) is 6.54 Å². The van der Waals surface area contributed by atoms with Gasteiger partial charge in [-0.1, -0.05) is 12.1 Å². The third kappa shape index (κ3) is 2.77. The Morgan fingerprint density at radius 1 is 1.17 bits per heavy atom. The first-order valence-electron chi connectivity index (χ1n) is 5.76. The fraction of sp³-hybridized carbons (Fsp3) is 0.214. The van der Waals surface area contributed by atoms with Crippen LogP contribution in [0.4, 0.5) is 15.8 Å². The van der Waals surface area contributed by atoms with Crippen molar-refractivity contribution in [3.63, 3.8) is 0 Å². The zero-order chi connectivity index (χ0) is 13.1. The van der Waals surface area contributed by atoms with E-state index in [9.17, 15) is 4.39 Å². The second kappa shape index (κ2) is 5.04. The molecule has 0 aliphatic rings. The second-order valence-electron chi connectivity index (χ2n) is 4.40. The summed E-state index contributed by atoms with van der Waals surface area (Å²) in [5, 5.41) is 3.21. The molecule has 0 saturated carbocycles. The Labute approximate surface area is 106 Å². The summed E-state index contributed by atoms with van der Waals surface area (Å²) < 4.78 is 13.5. The normalized spacial score (nSPS) is 10.4. The highest BCUT2D eigenvalue weighted by Crippen LogP contribution is 2.16. The van der Waals surface area contributed by atoms with E-state index in [1.54, 1.807) is 26.2 Å². The average molecular weight is 245 g/mol. The summed E-state index contributed by atoms with van der Waals surface area (Å²) >= 11 is 0. The molecule has 0 aliphatic heterocycles. The molecular weight excluding hydrogens is 229 g/mol. The zero-order valence-corrected chi connectivity index (χ0v) is 10.5. The number of nitrogen functional groups attached to an aromatic ring is 1. The third-order valence-electron chi connectivity index (χ3n) is 2.75. The van der Waals surface area contributed by atoms with Crippen molar-refractivity contribution < 1.29 is 4.39 Å². The van der Waals surface area contributed by atoms with Crippen molar-refractivity contribution in [2.24, 2.45) is 0 Å². The van der Waals surface area contributed by atoms with Gasteiger partial charge in [-0.3, -0.25) is 4.98 Å². The molecule has 2 aromatic rings. The van der Waals surface area contributed by atoms with E-state index in [1.165, 1.54) is 0 Å². The van der Waals surface area contributed by atoms with Crippen LogP contribution >= 0.6 is 0 Å². The maximum atomic E-state index is 13.5. The van der Waals surface area contributed by atoms with Gasteiger partial charge in [-0.15, -0.1) is 0 Å². The standard InChI is InChI=1S/C14H16FN3/c1-9-3-11(4-10(2)14(9)15)6-18-13-5-12(16)7-17-8-13/h3-5,7-8,18H,6,16H2,1-2H3. The molecule has 0 unspecified atom stereocenters. The first-order chi connectivity index (χ1) is 8.56. The number of nitrogens with zero attached hydrogens (tertiary/aromatic N) is 1. The number of benzene rings is 1. The Kier molecular flexibility index (Phi) is 3.46. The first kappa shape index (κ1) is 12.4. The molecule has 18 heavy (non-hydrogen) atoms. The number of halogens is 1. The summed E-state index contributed by atoms with van der Waals surface area (Å²) in [6.45, 7) is 4.16. The van der Waals surface area contributed by atoms with Crippen LogP contribution in [0.2, 0.25) is 0 Å². The van der Waals surface area contributed by atoms with Gasteiger partial charge in [-0.05, 0) is 36.6 Å². The second-order valence-corrected chi connectivity index (χ2v) is 4.40. The van der Waals surface area contributed by atoms with E-state index < -0.39 is 0 Å². The molecule has 0 fully saturated rings. The number of rotatable bonds is 3. The number of nitrogens with two attached hydrogens (primary N) is 1. The maximum absolute atomic E-state index is 13.5. The van der Waals surface area contributed by atoms with Crippen LogP contribution in [0.15, 0.2) is 30.6 Å². The van der Waals surface area contributed by atoms with Gasteiger partial charge in [0.1, 0.15) is 5.82 Å². The summed E-state index contributed by atoms with van der Waals surface area (Å²) in [5.41, 5.74) is 9.48. The van der Waals surface area contributed by atoms with Crippen molar-refractivity contribution in [3.05, 3.63) is 53.1 Å². The van der Waals surface area contributed by atoms with Gasteiger partial charge in [0.05, 0.1) is 17.6 Å². The highest BCUT2D eigenvalue weighted by molar-refractivity contribution is 5.51. The Balaban J connectivity index is 2.11. The SMILES string of the molecule is Cc1cc(CNc2cncc(N)c2)cc(C)c1F. The van der Waals surface area contributed by atoms with Gasteiger partial charge in [-0.2, -0.15) is 0 Å². The molecule has 0 atom stereocenters. The lowest BCUT2D eigenvalue weighted by molar-refractivity contribution is 0.608. The summed E-state index contributed by atoms with van der Waals surface area (Å²) in [6, 6.07) is 5.50. The van der Waals surface area contributed by atoms with Crippen molar-refractivity contribution in [2.75, 3.05) is 11.1 Å². The molecule has 0 radical (unpaired) electrons. The van der Waals surface area contributed by atoms with Gasteiger partial charge >= 0.3 is 0 Å². The van der Waals surface area contributed by atoms with Crippen molar-refractivity contribution in [1.82, 2.24) is 4.98 Å². The molecule has 3 nitrogen and oxygen atoms in total. The highest BCUT2D eigenvalue weighted by Gasteiger charge is 2.04. The topological polar surface area (TPSA) is 50.9 Å². The third-order valence-corrected chi connectivity index (χ3v) is 2.75. The number of pyridine rings is 1. The molecule has 2 rings (SSSR count). The summed E-state index contributed by atoms with van der Waals surface area (Å²) in [4.78, 5) is 4.00. The fourth-order valence-electron chi connectivity index (χ4n) is 1.90. The van der Waals surface area contributed by atoms with Crippen LogP contribution in [0.3, 0.4) is 0 Å². The van der Waals surface area contributed by atoms with Crippen LogP contribution in [0.5, 0.6) is 0 Å². The van der Waals surface area contributed by atoms with E-state index in [4.69, 9.17) is 5.73 Å². The van der Waals surface area contributed by atoms with Crippen molar-refractivity contribution >= 4 is 11.4 Å². The number of anilines is 2. The van der Waals surface area contributed by atoms with Crippen LogP contribution in [0.1, 0.15) is 16.7 Å². The minimum atomic E-state index is -0.135. The summed E-state index contributed by atoms with van der Waals surface area (Å²) in [6.07, 6.45) is 3.30. The molecule has 94 valence electrons. The minimum absolute atomic E-state index is 0.135. The van der Waals surface area contributed by atoms with E-state index in [1.807, 2.05) is 18.2 Å². The quantitative estimate of drug-likeness (QED) is 0.873. The average Bonchev–Trinajstić information content (AvgIpc) is 2.33. The van der Waals surface area contributed by atoms with Crippen LogP contribution in [0, 0.1) is 19.7 Å². The number of aryl methyl sites for hydroxylation is 2. The molecule has 0 aliphatic carbocycles. The van der Waals surface area contributed by atoms with Gasteiger partial charge in [0, 0.05) is 12.7 Å². The van der Waals surface area contributed by atoms with Crippen molar-refractivity contribution in [2.45, 2.75) is 20.4 Å². The minimum Gasteiger partial charge on any atom is -0.397 e. The molecule has 0 bridgehead atoms. The van der Waals surface area contributed by atoms with Gasteiger partial charge < -0.3 is 11.1 Å². The molecule has 0 amide bonds. The molecular formula is C14H16FN3. The highest BCUT2D eigenvalue weighted by atomic mass is 19.1. The van der Waals surface area contributed by atoms with Crippen LogP contribution in [-0.4, -0.2) is 4.98 Å². The largest absolute Gasteiger partial charge is 0.397 e. The number of aromatic nitrogens is 1.